The van der Waals surface area contributed by atoms with Gasteiger partial charge in [-0.1, -0.05) is 24.3 Å². The minimum atomic E-state index is -4.79. The summed E-state index contributed by atoms with van der Waals surface area (Å²) in [5.74, 6) is -0.685. The van der Waals surface area contributed by atoms with Gasteiger partial charge in [0.1, 0.15) is 23.5 Å². The fraction of sp³-hybridized carbons (Fsp3) is 0.406. The number of aliphatic hydroxyl groups is 1. The van der Waals surface area contributed by atoms with Crippen molar-refractivity contribution in [3.63, 3.8) is 0 Å². The van der Waals surface area contributed by atoms with Crippen molar-refractivity contribution < 1.29 is 43.0 Å². The Kier molecular flexibility index (Phi) is 10.6. The molecule has 1 aliphatic rings. The second-order valence-corrected chi connectivity index (χ2v) is 13.6. The van der Waals surface area contributed by atoms with Crippen LogP contribution < -0.4 is 16.4 Å². The maximum atomic E-state index is 13.5. The lowest BCUT2D eigenvalue weighted by Crippen LogP contribution is -2.55. The standard InChI is InChI=1S/C32H40N7O9P/c1-18(47-25-14-23(15-46-49(43,44)45)48-31(25)39-17-37-26-29(34)35-16-36-30(26)39)32(2,42)28(41)24(33)13-19-5-7-20(8-6-19)27(40)21-9-11-22(12-10-21)38(3)4/h5-12,16-18,23-25,31,42H,13-15,33H2,1-4H3,(H2,34,35,36)(H2,43,44,45)/t18?,23?,24?,25-,31?,32?/m1/s1. The van der Waals surface area contributed by atoms with Crippen molar-refractivity contribution in [2.24, 2.45) is 5.73 Å². The number of hydrogen-bond acceptors (Lipinski definition) is 13. The highest BCUT2D eigenvalue weighted by Gasteiger charge is 2.46. The summed E-state index contributed by atoms with van der Waals surface area (Å²) in [4.78, 5) is 59.3. The third kappa shape index (κ3) is 8.20. The normalized spacial score (nSPS) is 20.5. The number of imidazole rings is 1. The zero-order valence-electron chi connectivity index (χ0n) is 27.4. The average Bonchev–Trinajstić information content (AvgIpc) is 3.67. The lowest BCUT2D eigenvalue weighted by atomic mass is 9.87. The third-order valence-electron chi connectivity index (χ3n) is 8.56. The van der Waals surface area contributed by atoms with Gasteiger partial charge in [-0.15, -0.1) is 0 Å². The zero-order valence-corrected chi connectivity index (χ0v) is 28.3. The number of carbonyl (C=O) groups excluding carboxylic acids is 2. The molecule has 0 aliphatic carbocycles. The molecule has 3 heterocycles. The summed E-state index contributed by atoms with van der Waals surface area (Å²) in [5, 5.41) is 11.4. The SMILES string of the molecule is CC(O[C@@H]1CC(COP(=O)(O)O)OC1n1cnc2c(N)ncnc21)C(C)(O)C(=O)C(N)Cc1ccc(C(=O)c2ccc(N(C)C)cc2)cc1. The van der Waals surface area contributed by atoms with Crippen molar-refractivity contribution in [2.75, 3.05) is 31.3 Å². The highest BCUT2D eigenvalue weighted by molar-refractivity contribution is 7.46. The maximum absolute atomic E-state index is 13.5. The van der Waals surface area contributed by atoms with Crippen LogP contribution >= 0.6 is 7.82 Å². The van der Waals surface area contributed by atoms with Crippen molar-refractivity contribution in [3.05, 3.63) is 77.9 Å². The largest absolute Gasteiger partial charge is 0.469 e. The van der Waals surface area contributed by atoms with Gasteiger partial charge in [-0.25, -0.2) is 19.5 Å². The maximum Gasteiger partial charge on any atom is 0.469 e. The van der Waals surface area contributed by atoms with Gasteiger partial charge in [0.15, 0.2) is 29.3 Å². The van der Waals surface area contributed by atoms with Gasteiger partial charge in [-0.3, -0.25) is 18.7 Å². The summed E-state index contributed by atoms with van der Waals surface area (Å²) < 4.78 is 29.8. The van der Waals surface area contributed by atoms with Gasteiger partial charge in [-0.2, -0.15) is 0 Å². The van der Waals surface area contributed by atoms with Crippen LogP contribution in [0.5, 0.6) is 0 Å². The number of fused-ring (bicyclic) bond motifs is 1. The molecular weight excluding hydrogens is 657 g/mol. The van der Waals surface area contributed by atoms with E-state index in [-0.39, 0.29) is 24.4 Å². The summed E-state index contributed by atoms with van der Waals surface area (Å²) in [6.45, 7) is 2.37. The monoisotopic (exact) mass is 697 g/mol. The Morgan fingerprint density at radius 3 is 2.35 bits per heavy atom. The second-order valence-electron chi connectivity index (χ2n) is 12.4. The lowest BCUT2D eigenvalue weighted by molar-refractivity contribution is -0.166. The molecule has 1 aliphatic heterocycles. The molecule has 16 nitrogen and oxygen atoms in total. The Morgan fingerprint density at radius 2 is 1.73 bits per heavy atom. The van der Waals surface area contributed by atoms with Crippen LogP contribution in [0.15, 0.2) is 61.2 Å². The first-order valence-electron chi connectivity index (χ1n) is 15.4. The third-order valence-corrected chi connectivity index (χ3v) is 9.04. The van der Waals surface area contributed by atoms with Gasteiger partial charge >= 0.3 is 7.82 Å². The number of phosphoric ester groups is 1. The van der Waals surface area contributed by atoms with Crippen LogP contribution in [0.4, 0.5) is 11.5 Å². The minimum absolute atomic E-state index is 0.0798. The van der Waals surface area contributed by atoms with Crippen LogP contribution in [-0.2, 0) is 29.8 Å². The Bertz CT molecular complexity index is 1840. The molecular formula is C32H40N7O9P. The minimum Gasteiger partial charge on any atom is -0.382 e. The molecule has 0 amide bonds. The Balaban J connectivity index is 1.26. The fourth-order valence-electron chi connectivity index (χ4n) is 5.61. The van der Waals surface area contributed by atoms with Crippen molar-refractivity contribution in [2.45, 2.75) is 62.9 Å². The summed E-state index contributed by atoms with van der Waals surface area (Å²) in [6, 6.07) is 12.9. The molecule has 6 atom stereocenters. The van der Waals surface area contributed by atoms with Crippen LogP contribution in [0.2, 0.25) is 0 Å². The highest BCUT2D eigenvalue weighted by atomic mass is 31.2. The van der Waals surface area contributed by atoms with Crippen molar-refractivity contribution >= 4 is 42.1 Å². The van der Waals surface area contributed by atoms with E-state index >= 15 is 0 Å². The number of ketones is 2. The summed E-state index contributed by atoms with van der Waals surface area (Å²) >= 11 is 0. The van der Waals surface area contributed by atoms with Crippen molar-refractivity contribution in [3.8, 4) is 0 Å². The molecule has 49 heavy (non-hydrogen) atoms. The number of Topliss-reactive ketones (excluding diaryl/α,β-unsaturated/α-hetero) is 1. The second kappa shape index (κ2) is 14.4. The van der Waals surface area contributed by atoms with E-state index in [1.807, 2.05) is 31.1 Å². The van der Waals surface area contributed by atoms with Crippen molar-refractivity contribution in [1.82, 2.24) is 19.5 Å². The van der Waals surface area contributed by atoms with E-state index in [1.54, 1.807) is 36.4 Å². The van der Waals surface area contributed by atoms with Crippen molar-refractivity contribution in [1.29, 1.82) is 0 Å². The summed E-state index contributed by atoms with van der Waals surface area (Å²) in [7, 11) is -0.955. The average molecular weight is 698 g/mol. The molecule has 0 radical (unpaired) electrons. The zero-order chi connectivity index (χ0) is 35.7. The van der Waals surface area contributed by atoms with E-state index < -0.39 is 56.4 Å². The fourth-order valence-corrected chi connectivity index (χ4v) is 5.97. The molecule has 7 N–H and O–H groups in total. The molecule has 1 saturated heterocycles. The van der Waals surface area contributed by atoms with E-state index in [4.69, 9.17) is 20.9 Å². The first kappa shape index (κ1) is 36.2. The van der Waals surface area contributed by atoms with Gasteiger partial charge in [0.05, 0.1) is 31.2 Å². The van der Waals surface area contributed by atoms with Crippen LogP contribution in [0.1, 0.15) is 48.0 Å². The van der Waals surface area contributed by atoms with Crippen LogP contribution in [0.25, 0.3) is 11.2 Å². The van der Waals surface area contributed by atoms with Gasteiger partial charge in [0.2, 0.25) is 0 Å². The predicted molar refractivity (Wildman–Crippen MR) is 179 cm³/mol. The summed E-state index contributed by atoms with van der Waals surface area (Å²) in [5.41, 5.74) is 13.5. The Hall–Kier alpha value is -4.12. The number of aromatic nitrogens is 4. The number of rotatable bonds is 14. The summed E-state index contributed by atoms with van der Waals surface area (Å²) in [6.07, 6.45) is -0.917. The molecule has 0 saturated carbocycles. The first-order chi connectivity index (χ1) is 23.0. The van der Waals surface area contributed by atoms with Crippen LogP contribution in [0, 0.1) is 0 Å². The van der Waals surface area contributed by atoms with E-state index in [2.05, 4.69) is 19.5 Å². The molecule has 0 spiro atoms. The van der Waals surface area contributed by atoms with E-state index in [0.717, 1.165) is 5.69 Å². The number of nitrogens with zero attached hydrogens (tertiary/aromatic N) is 5. The number of nitrogen functional groups attached to an aromatic ring is 1. The van der Waals surface area contributed by atoms with Crippen LogP contribution in [0.3, 0.4) is 0 Å². The molecule has 1 fully saturated rings. The molecule has 2 aromatic carbocycles. The molecule has 5 rings (SSSR count). The van der Waals surface area contributed by atoms with Gasteiger partial charge in [-0.05, 0) is 50.1 Å². The number of benzene rings is 2. The number of carbonyl (C=O) groups is 2. The molecule has 0 bridgehead atoms. The predicted octanol–water partition coefficient (Wildman–Crippen LogP) is 1.77. The number of nitrogens with two attached hydrogens (primary N) is 2. The highest BCUT2D eigenvalue weighted by Crippen LogP contribution is 2.40. The van der Waals surface area contributed by atoms with E-state index in [0.29, 0.717) is 27.9 Å². The van der Waals surface area contributed by atoms with Gasteiger partial charge in [0.25, 0.3) is 0 Å². The molecule has 4 aromatic rings. The van der Waals surface area contributed by atoms with Crippen LogP contribution in [-0.4, -0.2) is 96.6 Å². The number of anilines is 2. The quantitative estimate of drug-likeness (QED) is 0.0932. The van der Waals surface area contributed by atoms with Gasteiger partial charge in [0, 0.05) is 37.3 Å². The molecule has 262 valence electrons. The Morgan fingerprint density at radius 1 is 1.10 bits per heavy atom. The van der Waals surface area contributed by atoms with Gasteiger partial charge < -0.3 is 40.7 Å². The topological polar surface area (TPSA) is 238 Å². The number of phosphoric acid groups is 1. The van der Waals surface area contributed by atoms with E-state index in [1.165, 1.54) is 31.1 Å². The number of ether oxygens (including phenoxy) is 2. The number of hydrogen-bond donors (Lipinski definition) is 5. The van der Waals surface area contributed by atoms with E-state index in [9.17, 15) is 29.0 Å². The molecule has 17 heteroatoms. The molecule has 2 aromatic heterocycles. The lowest BCUT2D eigenvalue weighted by Gasteiger charge is -2.34. The first-order valence-corrected chi connectivity index (χ1v) is 17.0. The smallest absolute Gasteiger partial charge is 0.382 e. The Labute approximate surface area is 282 Å². The molecule has 5 unspecified atom stereocenters.